The van der Waals surface area contributed by atoms with E-state index < -0.39 is 0 Å². The van der Waals surface area contributed by atoms with Gasteiger partial charge in [-0.15, -0.1) is 0 Å². The van der Waals surface area contributed by atoms with Crippen molar-refractivity contribution in [2.45, 2.75) is 33.2 Å². The Bertz CT molecular complexity index is 344. The summed E-state index contributed by atoms with van der Waals surface area (Å²) in [5.74, 6) is 0.0376. The minimum absolute atomic E-state index is 0.0376. The van der Waals surface area contributed by atoms with Crippen molar-refractivity contribution in [1.82, 2.24) is 0 Å². The zero-order valence-electron chi connectivity index (χ0n) is 9.00. The van der Waals surface area contributed by atoms with E-state index >= 15 is 0 Å². The molecule has 2 N–H and O–H groups in total. The number of hydrogen-bond acceptors (Lipinski definition) is 2. The number of benzene rings is 1. The minimum atomic E-state index is -0.364. The Kier molecular flexibility index (Phi) is 3.42. The maximum Gasteiger partial charge on any atom is 0.179 e. The first-order chi connectivity index (χ1) is 6.56. The molecule has 2 heteroatoms. The van der Waals surface area contributed by atoms with Crippen molar-refractivity contribution in [3.8, 4) is 0 Å². The summed E-state index contributed by atoms with van der Waals surface area (Å²) in [5, 5.41) is 0. The summed E-state index contributed by atoms with van der Waals surface area (Å²) in [6.07, 6.45) is 0.686. The molecular weight excluding hydrogens is 174 g/mol. The van der Waals surface area contributed by atoms with Crippen molar-refractivity contribution in [3.63, 3.8) is 0 Å². The number of hydrogen-bond donors (Lipinski definition) is 1. The van der Waals surface area contributed by atoms with E-state index in [4.69, 9.17) is 5.73 Å². The van der Waals surface area contributed by atoms with Gasteiger partial charge < -0.3 is 5.73 Å². The molecule has 0 heterocycles. The first-order valence-electron chi connectivity index (χ1n) is 4.93. The topological polar surface area (TPSA) is 43.1 Å². The van der Waals surface area contributed by atoms with E-state index in [1.54, 1.807) is 0 Å². The molecule has 0 fully saturated rings. The van der Waals surface area contributed by atoms with Gasteiger partial charge in [-0.2, -0.15) is 0 Å². The number of Topliss-reactive ketones (excluding diaryl/α,β-unsaturated/α-hetero) is 1. The van der Waals surface area contributed by atoms with Crippen molar-refractivity contribution >= 4 is 5.78 Å². The molecule has 0 aliphatic heterocycles. The summed E-state index contributed by atoms with van der Waals surface area (Å²) in [5.41, 5.74) is 8.75. The Balaban J connectivity index is 2.97. The second-order valence-electron chi connectivity index (χ2n) is 3.68. The molecule has 2 nitrogen and oxygen atoms in total. The van der Waals surface area contributed by atoms with Crippen LogP contribution in [0.2, 0.25) is 0 Å². The van der Waals surface area contributed by atoms with E-state index in [1.807, 2.05) is 39.0 Å². The zero-order valence-corrected chi connectivity index (χ0v) is 9.00. The van der Waals surface area contributed by atoms with Gasteiger partial charge in [-0.3, -0.25) is 4.79 Å². The lowest BCUT2D eigenvalue weighted by atomic mass is 9.99. The van der Waals surface area contributed by atoms with Crippen LogP contribution >= 0.6 is 0 Å². The van der Waals surface area contributed by atoms with Crippen LogP contribution in [0, 0.1) is 13.8 Å². The molecule has 0 spiro atoms. The van der Waals surface area contributed by atoms with Gasteiger partial charge in [0, 0.05) is 5.56 Å². The summed E-state index contributed by atoms with van der Waals surface area (Å²) >= 11 is 0. The molecule has 0 aliphatic rings. The van der Waals surface area contributed by atoms with E-state index in [0.717, 1.165) is 11.1 Å². The van der Waals surface area contributed by atoms with Gasteiger partial charge in [0.1, 0.15) is 0 Å². The van der Waals surface area contributed by atoms with Gasteiger partial charge in [-0.1, -0.05) is 19.1 Å². The Morgan fingerprint density at radius 3 is 2.50 bits per heavy atom. The first-order valence-corrected chi connectivity index (χ1v) is 4.93. The monoisotopic (exact) mass is 191 g/mol. The highest BCUT2D eigenvalue weighted by Gasteiger charge is 2.13. The highest BCUT2D eigenvalue weighted by molar-refractivity contribution is 6.00. The van der Waals surface area contributed by atoms with Crippen LogP contribution in [-0.2, 0) is 0 Å². The third kappa shape index (κ3) is 2.20. The molecule has 76 valence electrons. The van der Waals surface area contributed by atoms with Gasteiger partial charge >= 0.3 is 0 Å². The van der Waals surface area contributed by atoms with Gasteiger partial charge in [0.2, 0.25) is 0 Å². The fourth-order valence-corrected chi connectivity index (χ4v) is 1.29. The average Bonchev–Trinajstić information content (AvgIpc) is 2.20. The summed E-state index contributed by atoms with van der Waals surface area (Å²) in [6, 6.07) is 5.36. The van der Waals surface area contributed by atoms with E-state index in [2.05, 4.69) is 0 Å². The summed E-state index contributed by atoms with van der Waals surface area (Å²) < 4.78 is 0. The SMILES string of the molecule is CCC(N)C(=O)c1ccc(C)c(C)c1. The summed E-state index contributed by atoms with van der Waals surface area (Å²) in [7, 11) is 0. The molecule has 1 rings (SSSR count). The van der Waals surface area contributed by atoms with Crippen LogP contribution in [-0.4, -0.2) is 11.8 Å². The molecule has 1 aromatic carbocycles. The van der Waals surface area contributed by atoms with Crippen LogP contribution < -0.4 is 5.73 Å². The maximum absolute atomic E-state index is 11.7. The minimum Gasteiger partial charge on any atom is -0.321 e. The predicted molar refractivity (Wildman–Crippen MR) is 58.5 cm³/mol. The van der Waals surface area contributed by atoms with Crippen molar-refractivity contribution in [3.05, 3.63) is 34.9 Å². The Morgan fingerprint density at radius 2 is 2.00 bits per heavy atom. The van der Waals surface area contributed by atoms with Crippen molar-refractivity contribution in [2.75, 3.05) is 0 Å². The number of nitrogens with two attached hydrogens (primary N) is 1. The molecule has 1 atom stereocenters. The van der Waals surface area contributed by atoms with Crippen LogP contribution in [0.4, 0.5) is 0 Å². The van der Waals surface area contributed by atoms with Gasteiger partial charge in [-0.05, 0) is 37.5 Å². The maximum atomic E-state index is 11.7. The van der Waals surface area contributed by atoms with Crippen LogP contribution in [0.15, 0.2) is 18.2 Å². The molecule has 0 saturated heterocycles. The highest BCUT2D eigenvalue weighted by Crippen LogP contribution is 2.11. The summed E-state index contributed by atoms with van der Waals surface area (Å²) in [6.45, 7) is 5.95. The molecule has 1 unspecified atom stereocenters. The van der Waals surface area contributed by atoms with Crippen LogP contribution in [0.25, 0.3) is 0 Å². The second-order valence-corrected chi connectivity index (χ2v) is 3.68. The van der Waals surface area contributed by atoms with E-state index in [-0.39, 0.29) is 11.8 Å². The molecule has 0 saturated carbocycles. The van der Waals surface area contributed by atoms with E-state index in [0.29, 0.717) is 6.42 Å². The van der Waals surface area contributed by atoms with Crippen molar-refractivity contribution in [1.29, 1.82) is 0 Å². The number of carbonyl (C=O) groups is 1. The quantitative estimate of drug-likeness (QED) is 0.744. The number of ketones is 1. The Labute approximate surface area is 85.1 Å². The molecule has 0 amide bonds. The van der Waals surface area contributed by atoms with E-state index in [1.165, 1.54) is 5.56 Å². The molecule has 0 bridgehead atoms. The third-order valence-electron chi connectivity index (χ3n) is 2.57. The average molecular weight is 191 g/mol. The molecule has 0 radical (unpaired) electrons. The Hall–Kier alpha value is -1.15. The lowest BCUT2D eigenvalue weighted by Gasteiger charge is -2.09. The third-order valence-corrected chi connectivity index (χ3v) is 2.57. The lowest BCUT2D eigenvalue weighted by Crippen LogP contribution is -2.29. The molecular formula is C12H17NO. The van der Waals surface area contributed by atoms with Crippen LogP contribution in [0.3, 0.4) is 0 Å². The number of aryl methyl sites for hydroxylation is 2. The lowest BCUT2D eigenvalue weighted by molar-refractivity contribution is 0.0959. The number of carbonyl (C=O) groups excluding carboxylic acids is 1. The first kappa shape index (κ1) is 10.9. The predicted octanol–water partition coefficient (Wildman–Crippen LogP) is 2.22. The van der Waals surface area contributed by atoms with Gasteiger partial charge in [0.05, 0.1) is 6.04 Å². The van der Waals surface area contributed by atoms with Gasteiger partial charge in [0.15, 0.2) is 5.78 Å². The van der Waals surface area contributed by atoms with Gasteiger partial charge in [-0.25, -0.2) is 0 Å². The number of rotatable bonds is 3. The smallest absolute Gasteiger partial charge is 0.179 e. The normalized spacial score (nSPS) is 12.6. The standard InChI is InChI=1S/C12H17NO/c1-4-11(13)12(14)10-6-5-8(2)9(3)7-10/h5-7,11H,4,13H2,1-3H3. The largest absolute Gasteiger partial charge is 0.321 e. The fraction of sp³-hybridized carbons (Fsp3) is 0.417. The van der Waals surface area contributed by atoms with Crippen molar-refractivity contribution in [2.24, 2.45) is 5.73 Å². The van der Waals surface area contributed by atoms with Crippen LogP contribution in [0.1, 0.15) is 34.8 Å². The second kappa shape index (κ2) is 4.38. The molecule has 0 aromatic heterocycles. The van der Waals surface area contributed by atoms with Crippen molar-refractivity contribution < 1.29 is 4.79 Å². The molecule has 1 aromatic rings. The highest BCUT2D eigenvalue weighted by atomic mass is 16.1. The molecule has 0 aliphatic carbocycles. The van der Waals surface area contributed by atoms with Crippen LogP contribution in [0.5, 0.6) is 0 Å². The van der Waals surface area contributed by atoms with E-state index in [9.17, 15) is 4.79 Å². The molecule has 14 heavy (non-hydrogen) atoms. The fourth-order valence-electron chi connectivity index (χ4n) is 1.29. The summed E-state index contributed by atoms with van der Waals surface area (Å²) in [4.78, 5) is 11.7. The zero-order chi connectivity index (χ0) is 10.7. The van der Waals surface area contributed by atoms with Gasteiger partial charge in [0.25, 0.3) is 0 Å². The Morgan fingerprint density at radius 1 is 1.36 bits per heavy atom.